The van der Waals surface area contributed by atoms with E-state index >= 15 is 0 Å². The smallest absolute Gasteiger partial charge is 0.133 e. The summed E-state index contributed by atoms with van der Waals surface area (Å²) in [7, 11) is 0. The molecule has 0 aliphatic heterocycles. The molecule has 0 radical (unpaired) electrons. The quantitative estimate of drug-likeness (QED) is 0.758. The molecule has 3 heteroatoms. The number of carbonyl (C=O) groups is 1. The van der Waals surface area contributed by atoms with Crippen molar-refractivity contribution in [3.63, 3.8) is 0 Å². The Morgan fingerprint density at radius 1 is 1.80 bits per heavy atom. The summed E-state index contributed by atoms with van der Waals surface area (Å²) in [5.41, 5.74) is 7.73. The zero-order valence-electron chi connectivity index (χ0n) is 9.16. The number of nitrogens with two attached hydrogens (primary N) is 1. The second-order valence-corrected chi connectivity index (χ2v) is 4.04. The summed E-state index contributed by atoms with van der Waals surface area (Å²) in [5.74, 6) is 0.691. The predicted octanol–water partition coefficient (Wildman–Crippen LogP) is 1.71. The molecule has 1 saturated carbocycles. The third-order valence-corrected chi connectivity index (χ3v) is 2.49. The van der Waals surface area contributed by atoms with Crippen LogP contribution in [0.5, 0.6) is 0 Å². The molecule has 1 aliphatic carbocycles. The Balaban J connectivity index is 2.75. The van der Waals surface area contributed by atoms with Gasteiger partial charge in [-0.25, -0.2) is 0 Å². The van der Waals surface area contributed by atoms with E-state index in [1.807, 2.05) is 12.1 Å². The van der Waals surface area contributed by atoms with Crippen LogP contribution in [0.15, 0.2) is 23.3 Å². The molecule has 0 spiro atoms. The van der Waals surface area contributed by atoms with E-state index in [2.05, 4.69) is 6.92 Å². The fraction of sp³-hybridized carbons (Fsp3) is 0.500. The van der Waals surface area contributed by atoms with Crippen LogP contribution in [0.25, 0.3) is 0 Å². The summed E-state index contributed by atoms with van der Waals surface area (Å²) in [5, 5.41) is 8.74. The van der Waals surface area contributed by atoms with Gasteiger partial charge in [0, 0.05) is 6.42 Å². The Morgan fingerprint density at radius 2 is 2.40 bits per heavy atom. The molecule has 0 aromatic heterocycles. The molecule has 0 heterocycles. The maximum Gasteiger partial charge on any atom is 0.133 e. The Bertz CT molecular complexity index is 360. The average Bonchev–Trinajstić information content (AvgIpc) is 2.87. The first-order valence-corrected chi connectivity index (χ1v) is 5.09. The van der Waals surface area contributed by atoms with Crippen molar-refractivity contribution in [3.8, 4) is 6.07 Å². The minimum Gasteiger partial charge on any atom is -0.312 e. The lowest BCUT2D eigenvalue weighted by Crippen LogP contribution is -2.19. The number of hydrogen-bond acceptors (Lipinski definition) is 3. The lowest BCUT2D eigenvalue weighted by molar-refractivity contribution is -0.116. The highest BCUT2D eigenvalue weighted by molar-refractivity contribution is 5.77. The normalized spacial score (nSPS) is 24.8. The molecule has 0 aromatic rings. The number of hydrogen-bond donors (Lipinski definition) is 1. The van der Waals surface area contributed by atoms with Gasteiger partial charge in [-0.15, -0.1) is 0 Å². The standard InChI is InChI=1S/C12H16N2O/c1-8-5-11(8)6-10(12(14)7-13)4-3-9(2)15/h4,6,8,12H,3,5,14H2,1-2H3/b10-4+,11-6?. The third-order valence-electron chi connectivity index (χ3n) is 2.49. The van der Waals surface area contributed by atoms with E-state index in [1.165, 1.54) is 12.5 Å². The van der Waals surface area contributed by atoms with Gasteiger partial charge < -0.3 is 5.73 Å². The summed E-state index contributed by atoms with van der Waals surface area (Å²) in [6.07, 6.45) is 5.15. The minimum absolute atomic E-state index is 0.0832. The molecular weight excluding hydrogens is 188 g/mol. The number of Topliss-reactive ketones (excluding diaryl/α,β-unsaturated/α-hetero) is 1. The second kappa shape index (κ2) is 4.90. The van der Waals surface area contributed by atoms with Gasteiger partial charge in [-0.3, -0.25) is 4.79 Å². The topological polar surface area (TPSA) is 66.9 Å². The fourth-order valence-electron chi connectivity index (χ4n) is 1.32. The maximum absolute atomic E-state index is 10.8. The van der Waals surface area contributed by atoms with Crippen LogP contribution in [0.3, 0.4) is 0 Å². The minimum atomic E-state index is -0.621. The lowest BCUT2D eigenvalue weighted by atomic mass is 10.1. The number of nitrogens with zero attached hydrogens (tertiary/aromatic N) is 1. The van der Waals surface area contributed by atoms with Crippen molar-refractivity contribution >= 4 is 5.78 Å². The van der Waals surface area contributed by atoms with Crippen LogP contribution in [0.2, 0.25) is 0 Å². The van der Waals surface area contributed by atoms with Crippen molar-refractivity contribution in [3.05, 3.63) is 23.3 Å². The van der Waals surface area contributed by atoms with Crippen molar-refractivity contribution < 1.29 is 4.79 Å². The Hall–Kier alpha value is -1.40. The number of ketones is 1. The zero-order valence-corrected chi connectivity index (χ0v) is 9.16. The molecule has 0 saturated heterocycles. The molecule has 2 N–H and O–H groups in total. The number of nitriles is 1. The molecule has 0 amide bonds. The van der Waals surface area contributed by atoms with E-state index in [9.17, 15) is 4.79 Å². The van der Waals surface area contributed by atoms with E-state index in [4.69, 9.17) is 11.0 Å². The molecule has 1 rings (SSSR count). The maximum atomic E-state index is 10.8. The van der Waals surface area contributed by atoms with Gasteiger partial charge in [0.2, 0.25) is 0 Å². The average molecular weight is 204 g/mol. The van der Waals surface area contributed by atoms with Crippen LogP contribution in [0.4, 0.5) is 0 Å². The largest absolute Gasteiger partial charge is 0.312 e. The Kier molecular flexibility index (Phi) is 3.81. The van der Waals surface area contributed by atoms with Gasteiger partial charge >= 0.3 is 0 Å². The van der Waals surface area contributed by atoms with Gasteiger partial charge in [-0.05, 0) is 24.8 Å². The van der Waals surface area contributed by atoms with Crippen LogP contribution in [-0.2, 0) is 4.79 Å². The van der Waals surface area contributed by atoms with Gasteiger partial charge in [-0.2, -0.15) is 5.26 Å². The molecular formula is C12H16N2O. The van der Waals surface area contributed by atoms with Gasteiger partial charge in [0.15, 0.2) is 0 Å². The number of allylic oxidation sites excluding steroid dienone is 2. The molecule has 1 aliphatic rings. The molecule has 80 valence electrons. The summed E-state index contributed by atoms with van der Waals surface area (Å²) in [6.45, 7) is 3.66. The van der Waals surface area contributed by atoms with Crippen LogP contribution >= 0.6 is 0 Å². The first-order chi connectivity index (χ1) is 7.04. The van der Waals surface area contributed by atoms with Crippen LogP contribution in [0, 0.1) is 17.2 Å². The number of rotatable bonds is 4. The SMILES string of the molecule is CC(=O)C/C=C(\C=C1CC1C)C(N)C#N. The molecule has 1 fully saturated rings. The van der Waals surface area contributed by atoms with Crippen LogP contribution in [-0.4, -0.2) is 11.8 Å². The summed E-state index contributed by atoms with van der Waals surface area (Å²) in [4.78, 5) is 10.8. The molecule has 2 atom stereocenters. The predicted molar refractivity (Wildman–Crippen MR) is 58.8 cm³/mol. The second-order valence-electron chi connectivity index (χ2n) is 4.04. The van der Waals surface area contributed by atoms with E-state index < -0.39 is 6.04 Å². The first-order valence-electron chi connectivity index (χ1n) is 5.09. The summed E-state index contributed by atoms with van der Waals surface area (Å²) < 4.78 is 0. The first kappa shape index (κ1) is 11.7. The fourth-order valence-corrected chi connectivity index (χ4v) is 1.32. The molecule has 0 aromatic carbocycles. The van der Waals surface area contributed by atoms with Gasteiger partial charge in [0.1, 0.15) is 11.8 Å². The molecule has 2 unspecified atom stereocenters. The summed E-state index contributed by atoms with van der Waals surface area (Å²) >= 11 is 0. The molecule has 0 bridgehead atoms. The van der Waals surface area contributed by atoms with E-state index in [-0.39, 0.29) is 5.78 Å². The van der Waals surface area contributed by atoms with Crippen molar-refractivity contribution in [1.82, 2.24) is 0 Å². The van der Waals surface area contributed by atoms with Crippen molar-refractivity contribution in [1.29, 1.82) is 5.26 Å². The van der Waals surface area contributed by atoms with Crippen molar-refractivity contribution in [2.45, 2.75) is 32.7 Å². The molecule has 3 nitrogen and oxygen atoms in total. The Morgan fingerprint density at radius 3 is 2.80 bits per heavy atom. The monoisotopic (exact) mass is 204 g/mol. The molecule has 15 heavy (non-hydrogen) atoms. The van der Waals surface area contributed by atoms with E-state index in [0.717, 1.165) is 12.0 Å². The van der Waals surface area contributed by atoms with Gasteiger partial charge in [-0.1, -0.05) is 24.6 Å². The summed E-state index contributed by atoms with van der Waals surface area (Å²) in [6, 6.07) is 1.37. The third kappa shape index (κ3) is 3.69. The lowest BCUT2D eigenvalue weighted by Gasteiger charge is -2.03. The van der Waals surface area contributed by atoms with Crippen molar-refractivity contribution in [2.24, 2.45) is 11.7 Å². The van der Waals surface area contributed by atoms with E-state index in [1.54, 1.807) is 6.08 Å². The van der Waals surface area contributed by atoms with E-state index in [0.29, 0.717) is 12.3 Å². The van der Waals surface area contributed by atoms with Crippen molar-refractivity contribution in [2.75, 3.05) is 0 Å². The zero-order chi connectivity index (χ0) is 11.4. The van der Waals surface area contributed by atoms with Gasteiger partial charge in [0.05, 0.1) is 6.07 Å². The highest BCUT2D eigenvalue weighted by Crippen LogP contribution is 2.37. The van der Waals surface area contributed by atoms with Crippen LogP contribution in [0.1, 0.15) is 26.7 Å². The Labute approximate surface area is 90.3 Å². The van der Waals surface area contributed by atoms with Gasteiger partial charge in [0.25, 0.3) is 0 Å². The van der Waals surface area contributed by atoms with Crippen LogP contribution < -0.4 is 5.73 Å². The highest BCUT2D eigenvalue weighted by Gasteiger charge is 2.24. The highest BCUT2D eigenvalue weighted by atomic mass is 16.1. The number of carbonyl (C=O) groups excluding carboxylic acids is 1.